The molecule has 0 amide bonds. The summed E-state index contributed by atoms with van der Waals surface area (Å²) in [7, 11) is 3.28. The smallest absolute Gasteiger partial charge is 0.170 e. The predicted octanol–water partition coefficient (Wildman–Crippen LogP) is 4.08. The summed E-state index contributed by atoms with van der Waals surface area (Å²) in [6, 6.07) is 14.3. The number of nitrogens with zero attached hydrogens (tertiary/aromatic N) is 1. The van der Waals surface area contributed by atoms with Gasteiger partial charge in [0.05, 0.1) is 14.2 Å². The molecule has 146 valence electrons. The Morgan fingerprint density at radius 3 is 2.22 bits per heavy atom. The van der Waals surface area contributed by atoms with Crippen LogP contribution >= 0.6 is 12.2 Å². The Bertz CT molecular complexity index is 731. The number of nitrogens with one attached hydrogen (secondary N) is 2. The highest BCUT2D eigenvalue weighted by atomic mass is 32.1. The van der Waals surface area contributed by atoms with Gasteiger partial charge >= 0.3 is 0 Å². The van der Waals surface area contributed by atoms with Crippen molar-refractivity contribution in [3.63, 3.8) is 0 Å². The number of hydrogen-bond acceptors (Lipinski definition) is 4. The summed E-state index contributed by atoms with van der Waals surface area (Å²) >= 11 is 5.39. The maximum atomic E-state index is 5.39. The molecule has 0 spiro atoms. The standard InChI is InChI=1S/C21H29N3O2S/c1-5-24(6-2)18-10-8-17(9-11-18)23-21(27)22-14-13-16-7-12-19(25-3)20(15-16)26-4/h7-12,15H,5-6,13-14H2,1-4H3,(H2,22,23,27). The normalized spacial score (nSPS) is 10.2. The van der Waals surface area contributed by atoms with Gasteiger partial charge in [0.2, 0.25) is 0 Å². The molecule has 0 fully saturated rings. The summed E-state index contributed by atoms with van der Waals surface area (Å²) in [5, 5.41) is 7.09. The average molecular weight is 388 g/mol. The van der Waals surface area contributed by atoms with Gasteiger partial charge in [0, 0.05) is 31.0 Å². The third-order valence-corrected chi connectivity index (χ3v) is 4.65. The van der Waals surface area contributed by atoms with E-state index in [-0.39, 0.29) is 0 Å². The van der Waals surface area contributed by atoms with Gasteiger partial charge in [0.1, 0.15) is 0 Å². The molecule has 0 aliphatic carbocycles. The molecule has 2 aromatic rings. The summed E-state index contributed by atoms with van der Waals surface area (Å²) in [6.45, 7) is 7.05. The third kappa shape index (κ3) is 6.03. The Labute approximate surface area is 167 Å². The molecule has 2 N–H and O–H groups in total. The summed E-state index contributed by atoms with van der Waals surface area (Å²) < 4.78 is 10.6. The van der Waals surface area contributed by atoms with E-state index in [1.165, 1.54) is 5.69 Å². The van der Waals surface area contributed by atoms with E-state index in [4.69, 9.17) is 21.7 Å². The largest absolute Gasteiger partial charge is 0.493 e. The molecule has 0 bridgehead atoms. The Morgan fingerprint density at radius 1 is 0.963 bits per heavy atom. The van der Waals surface area contributed by atoms with Gasteiger partial charge in [-0.3, -0.25) is 0 Å². The molecule has 2 rings (SSSR count). The van der Waals surface area contributed by atoms with Gasteiger partial charge in [0.25, 0.3) is 0 Å². The molecule has 0 atom stereocenters. The van der Waals surface area contributed by atoms with E-state index in [1.54, 1.807) is 14.2 Å². The minimum absolute atomic E-state index is 0.617. The first-order valence-corrected chi connectivity index (χ1v) is 9.62. The quantitative estimate of drug-likeness (QED) is 0.632. The molecule has 27 heavy (non-hydrogen) atoms. The summed E-state index contributed by atoms with van der Waals surface area (Å²) in [4.78, 5) is 2.31. The van der Waals surface area contributed by atoms with Gasteiger partial charge in [-0.2, -0.15) is 0 Å². The first-order valence-electron chi connectivity index (χ1n) is 9.22. The molecule has 0 heterocycles. The molecule has 5 nitrogen and oxygen atoms in total. The van der Waals surface area contributed by atoms with Crippen molar-refractivity contribution in [2.45, 2.75) is 20.3 Å². The zero-order chi connectivity index (χ0) is 19.6. The van der Waals surface area contributed by atoms with Crippen LogP contribution in [0.2, 0.25) is 0 Å². The lowest BCUT2D eigenvalue weighted by molar-refractivity contribution is 0.354. The van der Waals surface area contributed by atoms with Crippen molar-refractivity contribution in [3.8, 4) is 11.5 Å². The molecule has 0 aliphatic heterocycles. The van der Waals surface area contributed by atoms with Gasteiger partial charge < -0.3 is 25.0 Å². The van der Waals surface area contributed by atoms with Gasteiger partial charge in [-0.25, -0.2) is 0 Å². The molecule has 0 aromatic heterocycles. The van der Waals surface area contributed by atoms with Crippen molar-refractivity contribution < 1.29 is 9.47 Å². The highest BCUT2D eigenvalue weighted by Gasteiger charge is 2.05. The van der Waals surface area contributed by atoms with Crippen LogP contribution in [0.4, 0.5) is 11.4 Å². The average Bonchev–Trinajstić information content (AvgIpc) is 2.70. The Hall–Kier alpha value is -2.47. The lowest BCUT2D eigenvalue weighted by Gasteiger charge is -2.21. The number of rotatable bonds is 9. The summed E-state index contributed by atoms with van der Waals surface area (Å²) in [6.07, 6.45) is 0.836. The van der Waals surface area contributed by atoms with Crippen LogP contribution in [0, 0.1) is 0 Å². The SMILES string of the molecule is CCN(CC)c1ccc(NC(=S)NCCc2ccc(OC)c(OC)c2)cc1. The maximum absolute atomic E-state index is 5.39. The fourth-order valence-corrected chi connectivity index (χ4v) is 3.10. The molecular formula is C21H29N3O2S. The molecular weight excluding hydrogens is 358 g/mol. The monoisotopic (exact) mass is 387 g/mol. The number of thiocarbonyl (C=S) groups is 1. The van der Waals surface area contributed by atoms with Crippen molar-refractivity contribution in [2.75, 3.05) is 44.1 Å². The molecule has 2 aromatic carbocycles. The lowest BCUT2D eigenvalue weighted by Crippen LogP contribution is -2.30. The minimum Gasteiger partial charge on any atom is -0.493 e. The van der Waals surface area contributed by atoms with E-state index in [2.05, 4.69) is 53.6 Å². The lowest BCUT2D eigenvalue weighted by atomic mass is 10.1. The highest BCUT2D eigenvalue weighted by molar-refractivity contribution is 7.80. The molecule has 0 saturated heterocycles. The van der Waals surface area contributed by atoms with E-state index in [0.717, 1.165) is 48.8 Å². The van der Waals surface area contributed by atoms with Gasteiger partial charge in [0.15, 0.2) is 16.6 Å². The fourth-order valence-electron chi connectivity index (χ4n) is 2.88. The maximum Gasteiger partial charge on any atom is 0.170 e. The van der Waals surface area contributed by atoms with Crippen molar-refractivity contribution in [3.05, 3.63) is 48.0 Å². The first-order chi connectivity index (χ1) is 13.1. The molecule has 0 radical (unpaired) electrons. The predicted molar refractivity (Wildman–Crippen MR) is 117 cm³/mol. The van der Waals surface area contributed by atoms with Crippen molar-refractivity contribution >= 4 is 28.7 Å². The summed E-state index contributed by atoms with van der Waals surface area (Å²) in [5.74, 6) is 1.48. The van der Waals surface area contributed by atoms with E-state index in [1.807, 2.05) is 18.2 Å². The number of benzene rings is 2. The third-order valence-electron chi connectivity index (χ3n) is 4.40. The van der Waals surface area contributed by atoms with E-state index in [0.29, 0.717) is 5.11 Å². The Morgan fingerprint density at radius 2 is 1.63 bits per heavy atom. The van der Waals surface area contributed by atoms with Gasteiger partial charge in [-0.05, 0) is 74.4 Å². The van der Waals surface area contributed by atoms with Crippen LogP contribution < -0.4 is 25.0 Å². The first kappa shape index (κ1) is 20.8. The Balaban J connectivity index is 1.82. The molecule has 0 saturated carbocycles. The molecule has 0 aliphatic rings. The number of ether oxygens (including phenoxy) is 2. The number of hydrogen-bond donors (Lipinski definition) is 2. The van der Waals surface area contributed by atoms with Crippen molar-refractivity contribution in [1.29, 1.82) is 0 Å². The van der Waals surface area contributed by atoms with E-state index in [9.17, 15) is 0 Å². The second-order valence-corrected chi connectivity index (χ2v) is 6.45. The van der Waals surface area contributed by atoms with Crippen LogP contribution in [0.15, 0.2) is 42.5 Å². The van der Waals surface area contributed by atoms with Crippen LogP contribution in [-0.2, 0) is 6.42 Å². The second kappa shape index (κ2) is 10.6. The Kier molecular flexibility index (Phi) is 8.20. The number of anilines is 2. The van der Waals surface area contributed by atoms with Gasteiger partial charge in [-0.15, -0.1) is 0 Å². The van der Waals surface area contributed by atoms with E-state index >= 15 is 0 Å². The van der Waals surface area contributed by atoms with Crippen LogP contribution in [0.1, 0.15) is 19.4 Å². The minimum atomic E-state index is 0.617. The topological polar surface area (TPSA) is 45.8 Å². The van der Waals surface area contributed by atoms with Crippen molar-refractivity contribution in [1.82, 2.24) is 5.32 Å². The molecule has 0 unspecified atom stereocenters. The van der Waals surface area contributed by atoms with Crippen LogP contribution in [0.5, 0.6) is 11.5 Å². The van der Waals surface area contributed by atoms with Crippen molar-refractivity contribution in [2.24, 2.45) is 0 Å². The van der Waals surface area contributed by atoms with E-state index < -0.39 is 0 Å². The van der Waals surface area contributed by atoms with Gasteiger partial charge in [-0.1, -0.05) is 6.07 Å². The zero-order valence-corrected chi connectivity index (χ0v) is 17.4. The van der Waals surface area contributed by atoms with Crippen LogP contribution in [0.25, 0.3) is 0 Å². The summed E-state index contributed by atoms with van der Waals surface area (Å²) in [5.41, 5.74) is 3.36. The fraction of sp³-hybridized carbons (Fsp3) is 0.381. The number of methoxy groups -OCH3 is 2. The molecule has 6 heteroatoms. The highest BCUT2D eigenvalue weighted by Crippen LogP contribution is 2.27. The van der Waals surface area contributed by atoms with Crippen LogP contribution in [0.3, 0.4) is 0 Å². The second-order valence-electron chi connectivity index (χ2n) is 6.04. The van der Waals surface area contributed by atoms with Crippen LogP contribution in [-0.4, -0.2) is 39.0 Å². The zero-order valence-electron chi connectivity index (χ0n) is 16.5.